The maximum Gasteiger partial charge on any atom is 0.335 e. The smallest absolute Gasteiger partial charge is 0.335 e. The van der Waals surface area contributed by atoms with Crippen molar-refractivity contribution >= 4 is 50.1 Å². The van der Waals surface area contributed by atoms with Crippen LogP contribution in [0.1, 0.15) is 16.1 Å². The minimum absolute atomic E-state index is 0.133. The van der Waals surface area contributed by atoms with E-state index in [1.54, 1.807) is 54.6 Å². The second kappa shape index (κ2) is 9.69. The Morgan fingerprint density at radius 1 is 0.943 bits per heavy atom. The van der Waals surface area contributed by atoms with Gasteiger partial charge in [0.05, 0.1) is 41.1 Å². The predicted octanol–water partition coefficient (Wildman–Crippen LogP) is 4.30. The molecular weight excluding hydrogens is 470 g/mol. The van der Waals surface area contributed by atoms with E-state index < -0.39 is 16.0 Å². The van der Waals surface area contributed by atoms with Crippen molar-refractivity contribution in [2.75, 3.05) is 26.8 Å². The average Bonchev–Trinajstić information content (AvgIpc) is 3.34. The fraction of sp³-hybridized carbons (Fsp3) is 0.0417. The van der Waals surface area contributed by atoms with E-state index in [0.29, 0.717) is 17.1 Å². The molecule has 0 radical (unpaired) electrons. The number of carboxylic acid groups (broad SMARTS) is 1. The molecule has 0 aliphatic heterocycles. The van der Waals surface area contributed by atoms with Crippen molar-refractivity contribution in [1.82, 2.24) is 0 Å². The molecular formula is C24H23N5O5S. The third kappa shape index (κ3) is 5.47. The topological polar surface area (TPSA) is 173 Å². The summed E-state index contributed by atoms with van der Waals surface area (Å²) in [6.07, 6.45) is 1.50. The number of carboxylic acids is 1. The van der Waals surface area contributed by atoms with Crippen LogP contribution in [0.3, 0.4) is 0 Å². The molecule has 4 aromatic rings. The fourth-order valence-electron chi connectivity index (χ4n) is 3.32. The van der Waals surface area contributed by atoms with Gasteiger partial charge in [-0.05, 0) is 60.7 Å². The lowest BCUT2D eigenvalue weighted by molar-refractivity contribution is 0.0696. The van der Waals surface area contributed by atoms with E-state index >= 15 is 0 Å². The van der Waals surface area contributed by atoms with E-state index in [0.717, 1.165) is 6.07 Å². The van der Waals surface area contributed by atoms with Crippen LogP contribution < -0.4 is 26.8 Å². The van der Waals surface area contributed by atoms with Gasteiger partial charge in [0.15, 0.2) is 0 Å². The maximum atomic E-state index is 13.5. The molecule has 11 heteroatoms. The normalized spacial score (nSPS) is 11.1. The van der Waals surface area contributed by atoms with Crippen molar-refractivity contribution in [2.24, 2.45) is 0 Å². The number of carbonyl (C=O) groups is 1. The number of furan rings is 1. The Morgan fingerprint density at radius 2 is 1.69 bits per heavy atom. The predicted molar refractivity (Wildman–Crippen MR) is 135 cm³/mol. The molecule has 1 heterocycles. The van der Waals surface area contributed by atoms with Gasteiger partial charge in [-0.2, -0.15) is 0 Å². The minimum Gasteiger partial charge on any atom is -0.478 e. The Labute approximate surface area is 201 Å². The van der Waals surface area contributed by atoms with Gasteiger partial charge in [-0.25, -0.2) is 13.2 Å². The SMILES string of the molecule is Nc1ccc(Nc2c(NCc3ccco3)cc(C(=O)O)cc2S(=O)(=O)Nc2ccccc2N)cc1. The first-order valence-electron chi connectivity index (χ1n) is 10.4. The molecule has 0 amide bonds. The van der Waals surface area contributed by atoms with Gasteiger partial charge < -0.3 is 31.6 Å². The number of rotatable bonds is 9. The highest BCUT2D eigenvalue weighted by Gasteiger charge is 2.25. The molecule has 0 aliphatic carbocycles. The summed E-state index contributed by atoms with van der Waals surface area (Å²) in [5, 5.41) is 15.8. The van der Waals surface area contributed by atoms with Gasteiger partial charge in [0, 0.05) is 11.4 Å². The number of nitrogens with one attached hydrogen (secondary N) is 3. The molecule has 0 fully saturated rings. The van der Waals surface area contributed by atoms with Crippen molar-refractivity contribution in [1.29, 1.82) is 0 Å². The third-order valence-electron chi connectivity index (χ3n) is 5.06. The lowest BCUT2D eigenvalue weighted by Crippen LogP contribution is -2.18. The van der Waals surface area contributed by atoms with Crippen molar-refractivity contribution in [3.8, 4) is 0 Å². The Kier molecular flexibility index (Phi) is 6.51. The van der Waals surface area contributed by atoms with E-state index in [1.807, 2.05) is 0 Å². The molecule has 4 rings (SSSR count). The highest BCUT2D eigenvalue weighted by molar-refractivity contribution is 7.93. The van der Waals surface area contributed by atoms with Gasteiger partial charge in [0.1, 0.15) is 10.7 Å². The Bertz CT molecular complexity index is 1450. The Hall–Kier alpha value is -4.64. The molecule has 0 aliphatic rings. The van der Waals surface area contributed by atoms with Crippen molar-refractivity contribution in [3.05, 3.63) is 90.4 Å². The molecule has 0 bridgehead atoms. The van der Waals surface area contributed by atoms with Gasteiger partial charge >= 0.3 is 5.97 Å². The Balaban J connectivity index is 1.85. The first-order valence-corrected chi connectivity index (χ1v) is 11.9. The highest BCUT2D eigenvalue weighted by Crippen LogP contribution is 2.36. The zero-order valence-electron chi connectivity index (χ0n) is 18.4. The number of aromatic carboxylic acids is 1. The van der Waals surface area contributed by atoms with Gasteiger partial charge in [-0.15, -0.1) is 0 Å². The zero-order valence-corrected chi connectivity index (χ0v) is 19.2. The molecule has 180 valence electrons. The summed E-state index contributed by atoms with van der Waals surface area (Å²) < 4.78 is 34.8. The second-order valence-corrected chi connectivity index (χ2v) is 9.23. The van der Waals surface area contributed by atoms with Crippen LogP contribution in [0, 0.1) is 0 Å². The van der Waals surface area contributed by atoms with E-state index in [2.05, 4.69) is 15.4 Å². The number of sulfonamides is 1. The number of benzene rings is 3. The summed E-state index contributed by atoms with van der Waals surface area (Å²) in [6, 6.07) is 18.9. The van der Waals surface area contributed by atoms with Crippen molar-refractivity contribution < 1.29 is 22.7 Å². The fourth-order valence-corrected chi connectivity index (χ4v) is 4.61. The van der Waals surface area contributed by atoms with Gasteiger partial charge in [-0.3, -0.25) is 4.72 Å². The van der Waals surface area contributed by atoms with Crippen molar-refractivity contribution in [2.45, 2.75) is 11.4 Å². The van der Waals surface area contributed by atoms with Crippen LogP contribution in [0.15, 0.2) is 88.4 Å². The molecule has 3 aromatic carbocycles. The van der Waals surface area contributed by atoms with Crippen LogP contribution in [-0.2, 0) is 16.6 Å². The molecule has 8 N–H and O–H groups in total. The summed E-state index contributed by atoms with van der Waals surface area (Å²) in [5.41, 5.74) is 13.3. The zero-order chi connectivity index (χ0) is 25.0. The molecule has 35 heavy (non-hydrogen) atoms. The molecule has 0 spiro atoms. The first kappa shape index (κ1) is 23.5. The summed E-state index contributed by atoms with van der Waals surface area (Å²) in [4.78, 5) is 11.6. The van der Waals surface area contributed by atoms with Gasteiger partial charge in [-0.1, -0.05) is 12.1 Å². The number of nitrogens with two attached hydrogens (primary N) is 2. The van der Waals surface area contributed by atoms with E-state index in [4.69, 9.17) is 15.9 Å². The molecule has 0 saturated heterocycles. The van der Waals surface area contributed by atoms with E-state index in [9.17, 15) is 18.3 Å². The number of hydrogen-bond donors (Lipinski definition) is 6. The lowest BCUT2D eigenvalue weighted by Gasteiger charge is -2.20. The summed E-state index contributed by atoms with van der Waals surface area (Å²) in [7, 11) is -4.29. The number of anilines is 6. The molecule has 1 aromatic heterocycles. The highest BCUT2D eigenvalue weighted by atomic mass is 32.2. The van der Waals surface area contributed by atoms with Crippen LogP contribution in [0.5, 0.6) is 0 Å². The quantitative estimate of drug-likeness (QED) is 0.186. The largest absolute Gasteiger partial charge is 0.478 e. The van der Waals surface area contributed by atoms with Crippen LogP contribution in [0.4, 0.5) is 34.1 Å². The second-order valence-electron chi connectivity index (χ2n) is 7.57. The summed E-state index contributed by atoms with van der Waals surface area (Å²) in [5.74, 6) is -0.718. The number of nitrogen functional groups attached to an aromatic ring is 2. The van der Waals surface area contributed by atoms with Crippen LogP contribution in [0.2, 0.25) is 0 Å². The van der Waals surface area contributed by atoms with E-state index in [-0.39, 0.29) is 39.8 Å². The maximum absolute atomic E-state index is 13.5. The first-order chi connectivity index (χ1) is 16.7. The summed E-state index contributed by atoms with van der Waals surface area (Å²) in [6.45, 7) is 0.186. The third-order valence-corrected chi connectivity index (χ3v) is 6.45. The van der Waals surface area contributed by atoms with Gasteiger partial charge in [0.2, 0.25) is 0 Å². The minimum atomic E-state index is -4.29. The lowest BCUT2D eigenvalue weighted by atomic mass is 10.1. The van der Waals surface area contributed by atoms with E-state index in [1.165, 1.54) is 18.4 Å². The Morgan fingerprint density at radius 3 is 2.34 bits per heavy atom. The molecule has 10 nitrogen and oxygen atoms in total. The van der Waals surface area contributed by atoms with Crippen LogP contribution in [0.25, 0.3) is 0 Å². The average molecular weight is 494 g/mol. The number of hydrogen-bond acceptors (Lipinski definition) is 8. The molecule has 0 unspecified atom stereocenters. The standard InChI is InChI=1S/C24H23N5O5S/c25-16-7-9-17(10-8-16)28-23-21(27-14-18-4-3-11-34-18)12-15(24(30)31)13-22(23)35(32,33)29-20-6-2-1-5-19(20)26/h1-13,27-29H,14,25-26H2,(H,30,31). The van der Waals surface area contributed by atoms with Crippen molar-refractivity contribution in [3.63, 3.8) is 0 Å². The molecule has 0 saturated carbocycles. The number of para-hydroxylation sites is 2. The molecule has 0 atom stereocenters. The summed E-state index contributed by atoms with van der Waals surface area (Å²) >= 11 is 0. The van der Waals surface area contributed by atoms with Crippen LogP contribution >= 0.6 is 0 Å². The van der Waals surface area contributed by atoms with Gasteiger partial charge in [0.25, 0.3) is 10.0 Å². The monoisotopic (exact) mass is 493 g/mol. The van der Waals surface area contributed by atoms with Crippen LogP contribution in [-0.4, -0.2) is 19.5 Å².